The van der Waals surface area contributed by atoms with E-state index in [1.165, 1.54) is 11.8 Å². The van der Waals surface area contributed by atoms with E-state index in [0.29, 0.717) is 11.3 Å². The van der Waals surface area contributed by atoms with Crippen molar-refractivity contribution in [2.45, 2.75) is 26.2 Å². The minimum atomic E-state index is -0.292. The number of amides is 1. The Morgan fingerprint density at radius 1 is 1.24 bits per heavy atom. The van der Waals surface area contributed by atoms with E-state index in [4.69, 9.17) is 0 Å². The molecule has 1 amide bonds. The Balaban J connectivity index is 1.67. The minimum Gasteiger partial charge on any atom is -0.276 e. The van der Waals surface area contributed by atoms with Gasteiger partial charge in [0, 0.05) is 0 Å². The Labute approximate surface area is 150 Å². The fourth-order valence-corrected chi connectivity index (χ4v) is 3.10. The van der Waals surface area contributed by atoms with Crippen LogP contribution in [0, 0.1) is 0 Å². The number of H-pyrrole nitrogens is 1. The molecule has 0 saturated heterocycles. The highest BCUT2D eigenvalue weighted by Gasteiger charge is 2.15. The summed E-state index contributed by atoms with van der Waals surface area (Å²) in [5.74, 6) is -0.292. The molecule has 0 spiro atoms. The van der Waals surface area contributed by atoms with Crippen LogP contribution in [-0.4, -0.2) is 22.3 Å². The fourth-order valence-electron chi connectivity index (χ4n) is 2.36. The number of nitrogens with one attached hydrogen (secondary N) is 2. The maximum Gasteiger partial charge on any atom is 0.275 e. The Morgan fingerprint density at radius 2 is 2.00 bits per heavy atom. The molecule has 0 atom stereocenters. The third-order valence-corrected chi connectivity index (χ3v) is 4.70. The summed E-state index contributed by atoms with van der Waals surface area (Å²) in [5, 5.41) is 12.8. The molecule has 0 radical (unpaired) electrons. The number of benzene rings is 1. The summed E-state index contributed by atoms with van der Waals surface area (Å²) in [7, 11) is 0. The first-order chi connectivity index (χ1) is 11.9. The second-order valence-electron chi connectivity index (χ2n) is 6.71. The van der Waals surface area contributed by atoms with Gasteiger partial charge < -0.3 is 0 Å². The van der Waals surface area contributed by atoms with Crippen molar-refractivity contribution in [2.24, 2.45) is 5.10 Å². The van der Waals surface area contributed by atoms with Gasteiger partial charge >= 0.3 is 0 Å². The Bertz CT molecular complexity index is 871. The predicted octanol–water partition coefficient (Wildman–Crippen LogP) is 4.20. The van der Waals surface area contributed by atoms with Crippen LogP contribution in [0.2, 0.25) is 0 Å². The molecule has 2 heterocycles. The monoisotopic (exact) mass is 352 g/mol. The molecule has 2 N–H and O–H groups in total. The number of hydrogen-bond acceptors (Lipinski definition) is 4. The molecule has 25 heavy (non-hydrogen) atoms. The van der Waals surface area contributed by atoms with Crippen LogP contribution in [0.15, 0.2) is 53.1 Å². The molecular weight excluding hydrogens is 332 g/mol. The lowest BCUT2D eigenvalue weighted by Gasteiger charge is -2.18. The van der Waals surface area contributed by atoms with E-state index in [-0.39, 0.29) is 11.3 Å². The zero-order chi connectivity index (χ0) is 17.9. The second-order valence-corrected chi connectivity index (χ2v) is 7.65. The molecule has 6 heteroatoms. The molecule has 3 rings (SSSR count). The second kappa shape index (κ2) is 7.03. The van der Waals surface area contributed by atoms with Crippen LogP contribution in [-0.2, 0) is 5.41 Å². The molecule has 0 fully saturated rings. The van der Waals surface area contributed by atoms with E-state index in [0.717, 1.165) is 10.4 Å². The molecule has 0 unspecified atom stereocenters. The Morgan fingerprint density at radius 3 is 2.64 bits per heavy atom. The van der Waals surface area contributed by atoms with Crippen LogP contribution in [0.25, 0.3) is 10.6 Å². The van der Waals surface area contributed by atoms with Crippen molar-refractivity contribution >= 4 is 23.5 Å². The van der Waals surface area contributed by atoms with Crippen LogP contribution in [0.4, 0.5) is 0 Å². The van der Waals surface area contributed by atoms with Gasteiger partial charge in [0.2, 0.25) is 0 Å². The zero-order valence-electron chi connectivity index (χ0n) is 14.4. The minimum absolute atomic E-state index is 0.114. The van der Waals surface area contributed by atoms with E-state index >= 15 is 0 Å². The van der Waals surface area contributed by atoms with Crippen LogP contribution >= 0.6 is 11.3 Å². The van der Waals surface area contributed by atoms with Gasteiger partial charge in [0.25, 0.3) is 5.91 Å². The number of hydrazone groups is 1. The zero-order valence-corrected chi connectivity index (χ0v) is 15.2. The molecule has 2 aromatic heterocycles. The molecule has 0 aliphatic heterocycles. The highest BCUT2D eigenvalue weighted by Crippen LogP contribution is 2.25. The van der Waals surface area contributed by atoms with Crippen molar-refractivity contribution < 1.29 is 4.79 Å². The molecular formula is C19H20N4OS. The average molecular weight is 352 g/mol. The number of thiophene rings is 1. The first-order valence-electron chi connectivity index (χ1n) is 7.96. The standard InChI is InChI=1S/C19H20N4OS/c1-19(2,3)14-8-6-13(7-9-14)11-20-23-18(24)15-12-21-22-17(15)16-5-4-10-25-16/h4-12H,1-3H3,(H,21,22)(H,23,24)/b20-11+. The van der Waals surface area contributed by atoms with Gasteiger partial charge in [-0.25, -0.2) is 5.43 Å². The molecule has 3 aromatic rings. The summed E-state index contributed by atoms with van der Waals surface area (Å²) < 4.78 is 0. The summed E-state index contributed by atoms with van der Waals surface area (Å²) in [6.45, 7) is 6.52. The number of aromatic amines is 1. The summed E-state index contributed by atoms with van der Waals surface area (Å²) in [6.07, 6.45) is 3.15. The van der Waals surface area contributed by atoms with Gasteiger partial charge in [-0.05, 0) is 28.0 Å². The quantitative estimate of drug-likeness (QED) is 0.546. The van der Waals surface area contributed by atoms with Crippen molar-refractivity contribution in [3.63, 3.8) is 0 Å². The number of hydrogen-bond donors (Lipinski definition) is 2. The van der Waals surface area contributed by atoms with Crippen LogP contribution < -0.4 is 5.43 Å². The van der Waals surface area contributed by atoms with E-state index in [9.17, 15) is 4.79 Å². The normalized spacial score (nSPS) is 11.8. The lowest BCUT2D eigenvalue weighted by atomic mass is 9.87. The fraction of sp³-hybridized carbons (Fsp3) is 0.211. The number of carbonyl (C=O) groups is 1. The summed E-state index contributed by atoms with van der Waals surface area (Å²) in [5.41, 5.74) is 6.04. The molecule has 5 nitrogen and oxygen atoms in total. The van der Waals surface area contributed by atoms with Crippen molar-refractivity contribution in [3.8, 4) is 10.6 Å². The van der Waals surface area contributed by atoms with Gasteiger partial charge in [0.1, 0.15) is 0 Å². The van der Waals surface area contributed by atoms with Gasteiger partial charge in [0.15, 0.2) is 0 Å². The van der Waals surface area contributed by atoms with Gasteiger partial charge in [-0.15, -0.1) is 11.3 Å². The van der Waals surface area contributed by atoms with E-state index in [1.54, 1.807) is 17.6 Å². The van der Waals surface area contributed by atoms with Crippen LogP contribution in [0.1, 0.15) is 42.3 Å². The van der Waals surface area contributed by atoms with Gasteiger partial charge in [-0.2, -0.15) is 10.2 Å². The van der Waals surface area contributed by atoms with Gasteiger partial charge in [-0.1, -0.05) is 51.1 Å². The lowest BCUT2D eigenvalue weighted by Crippen LogP contribution is -2.17. The largest absolute Gasteiger partial charge is 0.276 e. The molecule has 0 saturated carbocycles. The molecule has 1 aromatic carbocycles. The lowest BCUT2D eigenvalue weighted by molar-refractivity contribution is 0.0956. The molecule has 128 valence electrons. The van der Waals surface area contributed by atoms with E-state index in [1.807, 2.05) is 29.6 Å². The number of carbonyl (C=O) groups excluding carboxylic acids is 1. The van der Waals surface area contributed by atoms with Crippen LogP contribution in [0.5, 0.6) is 0 Å². The van der Waals surface area contributed by atoms with E-state index < -0.39 is 0 Å². The van der Waals surface area contributed by atoms with E-state index in [2.05, 4.69) is 53.6 Å². The highest BCUT2D eigenvalue weighted by molar-refractivity contribution is 7.13. The van der Waals surface area contributed by atoms with Crippen molar-refractivity contribution in [1.82, 2.24) is 15.6 Å². The van der Waals surface area contributed by atoms with Crippen molar-refractivity contribution in [3.05, 3.63) is 64.7 Å². The van der Waals surface area contributed by atoms with Crippen LogP contribution in [0.3, 0.4) is 0 Å². The first kappa shape index (κ1) is 17.1. The molecule has 0 aliphatic rings. The number of nitrogens with zero attached hydrogens (tertiary/aromatic N) is 2. The molecule has 0 bridgehead atoms. The maximum atomic E-state index is 12.3. The summed E-state index contributed by atoms with van der Waals surface area (Å²) >= 11 is 1.55. The summed E-state index contributed by atoms with van der Waals surface area (Å²) in [4.78, 5) is 13.3. The maximum absolute atomic E-state index is 12.3. The number of aromatic nitrogens is 2. The Hall–Kier alpha value is -2.73. The smallest absolute Gasteiger partial charge is 0.275 e. The third-order valence-electron chi connectivity index (χ3n) is 3.81. The average Bonchev–Trinajstić information content (AvgIpc) is 3.25. The Kier molecular flexibility index (Phi) is 4.81. The van der Waals surface area contributed by atoms with Crippen molar-refractivity contribution in [1.29, 1.82) is 0 Å². The first-order valence-corrected chi connectivity index (χ1v) is 8.84. The summed E-state index contributed by atoms with van der Waals surface area (Å²) in [6, 6.07) is 12.0. The molecule has 0 aliphatic carbocycles. The topological polar surface area (TPSA) is 70.1 Å². The van der Waals surface area contributed by atoms with Gasteiger partial charge in [-0.3, -0.25) is 9.89 Å². The van der Waals surface area contributed by atoms with Gasteiger partial charge in [0.05, 0.1) is 28.5 Å². The van der Waals surface area contributed by atoms with Crippen molar-refractivity contribution in [2.75, 3.05) is 0 Å². The SMILES string of the molecule is CC(C)(C)c1ccc(/C=N/NC(=O)c2cn[nH]c2-c2cccs2)cc1. The highest BCUT2D eigenvalue weighted by atomic mass is 32.1. The predicted molar refractivity (Wildman–Crippen MR) is 102 cm³/mol. The third kappa shape index (κ3) is 4.03. The number of rotatable bonds is 4.